The molecule has 0 aliphatic heterocycles. The van der Waals surface area contributed by atoms with Crippen LogP contribution in [0.1, 0.15) is 25.1 Å². The highest BCUT2D eigenvalue weighted by molar-refractivity contribution is 9.09. The maximum atomic E-state index is 4.55. The minimum absolute atomic E-state index is 0.715. The third-order valence-electron chi connectivity index (χ3n) is 2.66. The number of halogens is 1. The standard InChI is InChI=1S/C13H20BrNS/c1-9(2)12(7-14)8-16-13-6-10(3)5-11(4)15-13/h5-6,9,12H,7-8H2,1-4H3. The van der Waals surface area contributed by atoms with Crippen molar-refractivity contribution in [3.63, 3.8) is 0 Å². The topological polar surface area (TPSA) is 12.9 Å². The second-order valence-electron chi connectivity index (χ2n) is 4.59. The monoisotopic (exact) mass is 301 g/mol. The number of pyridine rings is 1. The van der Waals surface area contributed by atoms with Crippen molar-refractivity contribution in [1.82, 2.24) is 4.98 Å². The molecule has 1 aromatic rings. The number of aromatic nitrogens is 1. The summed E-state index contributed by atoms with van der Waals surface area (Å²) in [5.74, 6) is 2.57. The Morgan fingerprint density at radius 1 is 1.31 bits per heavy atom. The van der Waals surface area contributed by atoms with E-state index in [1.54, 1.807) is 0 Å². The minimum atomic E-state index is 0.715. The Hall–Kier alpha value is -0.0200. The van der Waals surface area contributed by atoms with Crippen LogP contribution in [0.2, 0.25) is 0 Å². The molecule has 0 saturated carbocycles. The summed E-state index contributed by atoms with van der Waals surface area (Å²) in [4.78, 5) is 4.55. The molecule has 1 nitrogen and oxygen atoms in total. The van der Waals surface area contributed by atoms with Gasteiger partial charge in [-0.15, -0.1) is 11.8 Å². The highest BCUT2D eigenvalue weighted by Crippen LogP contribution is 2.25. The van der Waals surface area contributed by atoms with Crippen LogP contribution in [0.25, 0.3) is 0 Å². The van der Waals surface area contributed by atoms with Crippen LogP contribution in [0.15, 0.2) is 17.2 Å². The molecule has 1 aromatic heterocycles. The van der Waals surface area contributed by atoms with Gasteiger partial charge in [-0.3, -0.25) is 0 Å². The first-order chi connectivity index (χ1) is 7.52. The summed E-state index contributed by atoms with van der Waals surface area (Å²) in [6.07, 6.45) is 0. The smallest absolute Gasteiger partial charge is 0.0965 e. The molecule has 1 heterocycles. The van der Waals surface area contributed by atoms with E-state index >= 15 is 0 Å². The quantitative estimate of drug-likeness (QED) is 0.588. The van der Waals surface area contributed by atoms with Crippen molar-refractivity contribution < 1.29 is 0 Å². The summed E-state index contributed by atoms with van der Waals surface area (Å²) in [7, 11) is 0. The zero-order chi connectivity index (χ0) is 12.1. The van der Waals surface area contributed by atoms with Crippen LogP contribution in [0.5, 0.6) is 0 Å². The zero-order valence-corrected chi connectivity index (χ0v) is 12.9. The van der Waals surface area contributed by atoms with E-state index in [9.17, 15) is 0 Å². The Bertz CT molecular complexity index is 318. The van der Waals surface area contributed by atoms with Gasteiger partial charge in [-0.1, -0.05) is 29.8 Å². The van der Waals surface area contributed by atoms with Crippen LogP contribution in [0.4, 0.5) is 0 Å². The van der Waals surface area contributed by atoms with Gasteiger partial charge in [-0.2, -0.15) is 0 Å². The summed E-state index contributed by atoms with van der Waals surface area (Å²) in [5.41, 5.74) is 2.41. The molecule has 0 bridgehead atoms. The zero-order valence-electron chi connectivity index (χ0n) is 10.5. The second-order valence-corrected chi connectivity index (χ2v) is 6.28. The molecule has 0 aliphatic rings. The van der Waals surface area contributed by atoms with E-state index in [2.05, 4.69) is 60.7 Å². The molecule has 90 valence electrons. The molecule has 1 rings (SSSR count). The molecule has 0 radical (unpaired) electrons. The Kier molecular flexibility index (Phi) is 5.84. The lowest BCUT2D eigenvalue weighted by Gasteiger charge is -2.17. The average Bonchev–Trinajstić information content (AvgIpc) is 2.16. The normalized spacial score (nSPS) is 13.1. The van der Waals surface area contributed by atoms with Crippen LogP contribution in [0.3, 0.4) is 0 Å². The number of hydrogen-bond donors (Lipinski definition) is 0. The molecule has 1 atom stereocenters. The van der Waals surface area contributed by atoms with E-state index in [4.69, 9.17) is 0 Å². The van der Waals surface area contributed by atoms with E-state index < -0.39 is 0 Å². The number of nitrogens with zero attached hydrogens (tertiary/aromatic N) is 1. The summed E-state index contributed by atoms with van der Waals surface area (Å²) in [5, 5.41) is 2.23. The third-order valence-corrected chi connectivity index (χ3v) is 4.59. The van der Waals surface area contributed by atoms with Gasteiger partial charge in [0.15, 0.2) is 0 Å². The predicted molar refractivity (Wildman–Crippen MR) is 76.6 cm³/mol. The number of hydrogen-bond acceptors (Lipinski definition) is 2. The molecule has 0 fully saturated rings. The highest BCUT2D eigenvalue weighted by Gasteiger charge is 2.12. The van der Waals surface area contributed by atoms with E-state index in [1.165, 1.54) is 5.56 Å². The molecule has 3 heteroatoms. The molecule has 0 aromatic carbocycles. The molecular formula is C13H20BrNS. The van der Waals surface area contributed by atoms with E-state index in [0.717, 1.165) is 27.7 Å². The number of alkyl halides is 1. The summed E-state index contributed by atoms with van der Waals surface area (Å²) < 4.78 is 0. The van der Waals surface area contributed by atoms with Gasteiger partial charge in [0.1, 0.15) is 0 Å². The molecule has 0 aliphatic carbocycles. The van der Waals surface area contributed by atoms with Crippen molar-refractivity contribution in [2.45, 2.75) is 32.7 Å². The maximum absolute atomic E-state index is 4.55. The van der Waals surface area contributed by atoms with Gasteiger partial charge in [0.2, 0.25) is 0 Å². The Labute approximate surface area is 112 Å². The van der Waals surface area contributed by atoms with Crippen LogP contribution in [0, 0.1) is 25.7 Å². The van der Waals surface area contributed by atoms with Gasteiger partial charge >= 0.3 is 0 Å². The fourth-order valence-corrected chi connectivity index (χ4v) is 4.13. The fourth-order valence-electron chi connectivity index (χ4n) is 1.49. The van der Waals surface area contributed by atoms with Gasteiger partial charge in [0, 0.05) is 16.8 Å². The first-order valence-corrected chi connectivity index (χ1v) is 7.77. The van der Waals surface area contributed by atoms with Gasteiger partial charge in [-0.25, -0.2) is 4.98 Å². The third kappa shape index (κ3) is 4.46. The van der Waals surface area contributed by atoms with Gasteiger partial charge in [0.25, 0.3) is 0 Å². The predicted octanol–water partition coefficient (Wildman–Crippen LogP) is 4.46. The van der Waals surface area contributed by atoms with Gasteiger partial charge in [-0.05, 0) is 43.4 Å². The first kappa shape index (κ1) is 14.0. The van der Waals surface area contributed by atoms with Crippen LogP contribution in [-0.4, -0.2) is 16.1 Å². The molecule has 1 unspecified atom stereocenters. The van der Waals surface area contributed by atoms with Crippen molar-refractivity contribution >= 4 is 27.7 Å². The molecule has 16 heavy (non-hydrogen) atoms. The molecule has 0 spiro atoms. The molecular weight excluding hydrogens is 282 g/mol. The highest BCUT2D eigenvalue weighted by atomic mass is 79.9. The fraction of sp³-hybridized carbons (Fsp3) is 0.615. The van der Waals surface area contributed by atoms with E-state index in [0.29, 0.717) is 5.92 Å². The Morgan fingerprint density at radius 3 is 2.50 bits per heavy atom. The van der Waals surface area contributed by atoms with Crippen molar-refractivity contribution in [3.8, 4) is 0 Å². The van der Waals surface area contributed by atoms with Crippen LogP contribution in [-0.2, 0) is 0 Å². The van der Waals surface area contributed by atoms with Crippen molar-refractivity contribution in [2.24, 2.45) is 11.8 Å². The summed E-state index contributed by atoms with van der Waals surface area (Å²) in [6, 6.07) is 4.29. The summed E-state index contributed by atoms with van der Waals surface area (Å²) in [6.45, 7) is 8.74. The van der Waals surface area contributed by atoms with E-state index in [-0.39, 0.29) is 0 Å². The number of aryl methyl sites for hydroxylation is 2. The van der Waals surface area contributed by atoms with Gasteiger partial charge in [0.05, 0.1) is 5.03 Å². The Balaban J connectivity index is 2.60. The molecule has 0 saturated heterocycles. The van der Waals surface area contributed by atoms with Crippen molar-refractivity contribution in [3.05, 3.63) is 23.4 Å². The SMILES string of the molecule is Cc1cc(C)nc(SCC(CBr)C(C)C)c1. The first-order valence-electron chi connectivity index (χ1n) is 5.67. The Morgan fingerprint density at radius 2 is 2.00 bits per heavy atom. The van der Waals surface area contributed by atoms with E-state index in [1.807, 2.05) is 11.8 Å². The largest absolute Gasteiger partial charge is 0.247 e. The number of thioether (sulfide) groups is 1. The average molecular weight is 302 g/mol. The van der Waals surface area contributed by atoms with Crippen LogP contribution >= 0.6 is 27.7 Å². The minimum Gasteiger partial charge on any atom is -0.247 e. The molecule has 0 N–H and O–H groups in total. The second kappa shape index (κ2) is 6.65. The van der Waals surface area contributed by atoms with Crippen LogP contribution < -0.4 is 0 Å². The lowest BCUT2D eigenvalue weighted by Crippen LogP contribution is -2.13. The maximum Gasteiger partial charge on any atom is 0.0965 e. The van der Waals surface area contributed by atoms with Gasteiger partial charge < -0.3 is 0 Å². The van der Waals surface area contributed by atoms with Crippen molar-refractivity contribution in [2.75, 3.05) is 11.1 Å². The number of rotatable bonds is 5. The lowest BCUT2D eigenvalue weighted by atomic mass is 10.0. The summed E-state index contributed by atoms with van der Waals surface area (Å²) >= 11 is 5.45. The van der Waals surface area contributed by atoms with Crippen molar-refractivity contribution in [1.29, 1.82) is 0 Å². The molecule has 0 amide bonds. The lowest BCUT2D eigenvalue weighted by molar-refractivity contribution is 0.474.